The average molecular weight is 382 g/mol. The lowest BCUT2D eigenvalue weighted by atomic mass is 9.73. The van der Waals surface area contributed by atoms with Crippen LogP contribution >= 0.6 is 0 Å². The highest BCUT2D eigenvalue weighted by atomic mass is 16.5. The van der Waals surface area contributed by atoms with Gasteiger partial charge in [-0.25, -0.2) is 4.98 Å². The summed E-state index contributed by atoms with van der Waals surface area (Å²) >= 11 is 0. The largest absolute Gasteiger partial charge is 0.497 e. The molecule has 0 radical (unpaired) electrons. The molecular formula is C20H22N4O4. The summed E-state index contributed by atoms with van der Waals surface area (Å²) in [5.74, 6) is 0.407. The van der Waals surface area contributed by atoms with Crippen LogP contribution in [-0.4, -0.2) is 56.9 Å². The van der Waals surface area contributed by atoms with Gasteiger partial charge in [0.2, 0.25) is 0 Å². The highest BCUT2D eigenvalue weighted by molar-refractivity contribution is 5.77. The number of aromatic nitrogens is 3. The molecule has 0 aliphatic carbocycles. The van der Waals surface area contributed by atoms with Gasteiger partial charge in [-0.2, -0.15) is 0 Å². The molecule has 1 saturated heterocycles. The third-order valence-corrected chi connectivity index (χ3v) is 5.48. The highest BCUT2D eigenvalue weighted by Crippen LogP contribution is 2.37. The van der Waals surface area contributed by atoms with Crippen molar-refractivity contribution in [1.29, 1.82) is 0 Å². The van der Waals surface area contributed by atoms with Crippen molar-refractivity contribution in [3.05, 3.63) is 54.6 Å². The number of nitrogens with zero attached hydrogens (tertiary/aromatic N) is 4. The summed E-state index contributed by atoms with van der Waals surface area (Å²) in [6.07, 6.45) is 6.45. The van der Waals surface area contributed by atoms with Crippen molar-refractivity contribution in [1.82, 2.24) is 14.4 Å². The zero-order valence-electron chi connectivity index (χ0n) is 15.5. The molecule has 1 aromatic carbocycles. The number of aliphatic carboxylic acids is 1. The van der Waals surface area contributed by atoms with E-state index in [0.29, 0.717) is 24.4 Å². The normalized spacial score (nSPS) is 22.4. The molecule has 3 aromatic rings. The van der Waals surface area contributed by atoms with Gasteiger partial charge in [-0.3, -0.25) is 14.2 Å². The topological polar surface area (TPSA) is 100 Å². The second-order valence-corrected chi connectivity index (χ2v) is 7.14. The number of imidazole rings is 1. The molecule has 2 N–H and O–H groups in total. The summed E-state index contributed by atoms with van der Waals surface area (Å²) in [7, 11) is 1.57. The molecule has 8 heteroatoms. The van der Waals surface area contributed by atoms with Gasteiger partial charge in [0.05, 0.1) is 25.6 Å². The smallest absolute Gasteiger partial charge is 0.314 e. The molecule has 1 aliphatic rings. The lowest BCUT2D eigenvalue weighted by Gasteiger charge is -2.44. The van der Waals surface area contributed by atoms with E-state index in [1.807, 2.05) is 39.8 Å². The van der Waals surface area contributed by atoms with Crippen molar-refractivity contribution in [2.75, 3.05) is 25.1 Å². The molecule has 1 fully saturated rings. The summed E-state index contributed by atoms with van der Waals surface area (Å²) in [5, 5.41) is 20.9. The van der Waals surface area contributed by atoms with E-state index in [-0.39, 0.29) is 13.0 Å². The van der Waals surface area contributed by atoms with Gasteiger partial charge < -0.3 is 19.8 Å². The number of carbonyl (C=O) groups is 1. The van der Waals surface area contributed by atoms with E-state index >= 15 is 0 Å². The Morgan fingerprint density at radius 1 is 1.39 bits per heavy atom. The van der Waals surface area contributed by atoms with Gasteiger partial charge >= 0.3 is 5.97 Å². The number of carboxylic acids is 1. The number of methoxy groups -OCH3 is 1. The fourth-order valence-electron chi connectivity index (χ4n) is 3.95. The summed E-state index contributed by atoms with van der Waals surface area (Å²) < 4.78 is 7.13. The SMILES string of the molecule is COc1cccc(C[C@@]2(C(=O)O)CN(c3cncc4nccn34)CC[C@H]2O)c1. The van der Waals surface area contributed by atoms with Gasteiger partial charge in [0.1, 0.15) is 17.0 Å². The van der Waals surface area contributed by atoms with Gasteiger partial charge in [-0.1, -0.05) is 12.1 Å². The maximum Gasteiger partial charge on any atom is 0.314 e. The number of ether oxygens (including phenoxy) is 1. The Balaban J connectivity index is 1.71. The number of fused-ring (bicyclic) bond motifs is 1. The van der Waals surface area contributed by atoms with Crippen molar-refractivity contribution in [2.45, 2.75) is 18.9 Å². The van der Waals surface area contributed by atoms with Crippen LogP contribution in [0.2, 0.25) is 0 Å². The molecule has 2 atom stereocenters. The quantitative estimate of drug-likeness (QED) is 0.692. The van der Waals surface area contributed by atoms with Crippen LogP contribution in [0, 0.1) is 5.41 Å². The standard InChI is InChI=1S/C20H22N4O4/c1-28-15-4-2-3-14(9-15)10-20(19(26)27)13-23(7-5-16(20)25)18-12-21-11-17-22-6-8-24(17)18/h2-4,6,8-9,11-12,16,25H,5,7,10,13H2,1H3,(H,26,27)/t16-,20-/m1/s1. The minimum atomic E-state index is -1.34. The number of piperidine rings is 1. The van der Waals surface area contributed by atoms with Crippen molar-refractivity contribution in [3.8, 4) is 5.75 Å². The van der Waals surface area contributed by atoms with E-state index in [0.717, 1.165) is 11.4 Å². The van der Waals surface area contributed by atoms with Crippen LogP contribution in [0.1, 0.15) is 12.0 Å². The zero-order chi connectivity index (χ0) is 19.7. The molecule has 0 bridgehead atoms. The number of benzene rings is 1. The van der Waals surface area contributed by atoms with E-state index < -0.39 is 17.5 Å². The second-order valence-electron chi connectivity index (χ2n) is 7.14. The Kier molecular flexibility index (Phi) is 4.64. The van der Waals surface area contributed by atoms with Crippen LogP contribution in [0.5, 0.6) is 5.75 Å². The number of aliphatic hydroxyl groups is 1. The fourth-order valence-corrected chi connectivity index (χ4v) is 3.95. The summed E-state index contributed by atoms with van der Waals surface area (Å²) in [5.41, 5.74) is 0.159. The van der Waals surface area contributed by atoms with E-state index in [1.54, 1.807) is 25.7 Å². The van der Waals surface area contributed by atoms with E-state index in [9.17, 15) is 15.0 Å². The first-order valence-electron chi connectivity index (χ1n) is 9.10. The molecule has 28 heavy (non-hydrogen) atoms. The molecule has 0 amide bonds. The maximum absolute atomic E-state index is 12.4. The molecule has 0 spiro atoms. The third kappa shape index (κ3) is 3.05. The van der Waals surface area contributed by atoms with Crippen molar-refractivity contribution in [2.24, 2.45) is 5.41 Å². The number of aliphatic hydroxyl groups excluding tert-OH is 1. The maximum atomic E-state index is 12.4. The van der Waals surface area contributed by atoms with Crippen LogP contribution in [0.3, 0.4) is 0 Å². The minimum Gasteiger partial charge on any atom is -0.497 e. The van der Waals surface area contributed by atoms with Gasteiger partial charge in [0.15, 0.2) is 5.65 Å². The van der Waals surface area contributed by atoms with Gasteiger partial charge in [-0.15, -0.1) is 0 Å². The molecule has 3 heterocycles. The van der Waals surface area contributed by atoms with E-state index in [2.05, 4.69) is 9.97 Å². The molecule has 0 unspecified atom stereocenters. The molecule has 4 rings (SSSR count). The highest BCUT2D eigenvalue weighted by Gasteiger charge is 2.49. The number of carboxylic acid groups (broad SMARTS) is 1. The van der Waals surface area contributed by atoms with E-state index in [1.165, 1.54) is 0 Å². The van der Waals surface area contributed by atoms with Crippen LogP contribution in [0.4, 0.5) is 5.82 Å². The number of hydrogen-bond donors (Lipinski definition) is 2. The predicted molar refractivity (Wildman–Crippen MR) is 103 cm³/mol. The van der Waals surface area contributed by atoms with Crippen LogP contribution < -0.4 is 9.64 Å². The first-order chi connectivity index (χ1) is 13.5. The molecule has 146 valence electrons. The lowest BCUT2D eigenvalue weighted by molar-refractivity contribution is -0.157. The first-order valence-corrected chi connectivity index (χ1v) is 9.10. The first kappa shape index (κ1) is 18.2. The minimum absolute atomic E-state index is 0.166. The molecule has 1 aliphatic heterocycles. The monoisotopic (exact) mass is 382 g/mol. The zero-order valence-corrected chi connectivity index (χ0v) is 15.5. The Morgan fingerprint density at radius 2 is 2.25 bits per heavy atom. The molecule has 2 aromatic heterocycles. The average Bonchev–Trinajstić information content (AvgIpc) is 3.18. The number of anilines is 1. The summed E-state index contributed by atoms with van der Waals surface area (Å²) in [6.45, 7) is 0.701. The van der Waals surface area contributed by atoms with Gasteiger partial charge in [0, 0.05) is 25.5 Å². The lowest BCUT2D eigenvalue weighted by Crippen LogP contribution is -2.57. The Morgan fingerprint density at radius 3 is 3.04 bits per heavy atom. The predicted octanol–water partition coefficient (Wildman–Crippen LogP) is 1.62. The third-order valence-electron chi connectivity index (χ3n) is 5.48. The summed E-state index contributed by atoms with van der Waals surface area (Å²) in [6, 6.07) is 7.31. The van der Waals surface area contributed by atoms with Crippen molar-refractivity contribution in [3.63, 3.8) is 0 Å². The summed E-state index contributed by atoms with van der Waals surface area (Å²) in [4.78, 5) is 22.8. The molecule has 8 nitrogen and oxygen atoms in total. The Labute approximate surface area is 162 Å². The number of hydrogen-bond acceptors (Lipinski definition) is 6. The van der Waals surface area contributed by atoms with Gasteiger partial charge in [-0.05, 0) is 30.5 Å². The molecule has 0 saturated carbocycles. The van der Waals surface area contributed by atoms with Crippen molar-refractivity contribution < 1.29 is 19.7 Å². The second kappa shape index (κ2) is 7.12. The van der Waals surface area contributed by atoms with Crippen LogP contribution in [-0.2, 0) is 11.2 Å². The Bertz CT molecular complexity index is 1000. The number of rotatable bonds is 5. The van der Waals surface area contributed by atoms with E-state index in [4.69, 9.17) is 4.74 Å². The van der Waals surface area contributed by atoms with Crippen LogP contribution in [0.25, 0.3) is 5.65 Å². The molecular weight excluding hydrogens is 360 g/mol. The van der Waals surface area contributed by atoms with Crippen molar-refractivity contribution >= 4 is 17.4 Å². The fraction of sp³-hybridized carbons (Fsp3) is 0.350. The van der Waals surface area contributed by atoms with Crippen LogP contribution in [0.15, 0.2) is 49.1 Å². The van der Waals surface area contributed by atoms with Gasteiger partial charge in [0.25, 0.3) is 0 Å². The Hall–Kier alpha value is -3.13.